The van der Waals surface area contributed by atoms with E-state index in [0.717, 1.165) is 16.8 Å². The van der Waals surface area contributed by atoms with Gasteiger partial charge < -0.3 is 19.8 Å². The van der Waals surface area contributed by atoms with Crippen molar-refractivity contribution in [2.45, 2.75) is 46.6 Å². The third-order valence-electron chi connectivity index (χ3n) is 5.02. The largest absolute Gasteiger partial charge is 0.480 e. The van der Waals surface area contributed by atoms with Gasteiger partial charge in [-0.15, -0.1) is 0 Å². The van der Waals surface area contributed by atoms with Crippen molar-refractivity contribution in [3.63, 3.8) is 0 Å². The monoisotopic (exact) mass is 490 g/mol. The summed E-state index contributed by atoms with van der Waals surface area (Å²) < 4.78 is 1.96. The molecule has 7 nitrogen and oxygen atoms in total. The normalized spacial score (nSPS) is 10.6. The second kappa shape index (κ2) is 15.1. The van der Waals surface area contributed by atoms with Gasteiger partial charge in [0.05, 0.1) is 5.69 Å². The second-order valence-electron chi connectivity index (χ2n) is 8.57. The van der Waals surface area contributed by atoms with Gasteiger partial charge in [0.25, 0.3) is 0 Å². The highest BCUT2D eigenvalue weighted by molar-refractivity contribution is 5.73. The zero-order valence-corrected chi connectivity index (χ0v) is 21.6. The Hall–Kier alpha value is -3.97. The number of hydrazine groups is 1. The molecule has 192 valence electrons. The minimum absolute atomic E-state index is 0.165. The lowest BCUT2D eigenvalue weighted by Gasteiger charge is -2.12. The van der Waals surface area contributed by atoms with Crippen molar-refractivity contribution in [3.8, 4) is 5.88 Å². The molecule has 3 aromatic rings. The van der Waals surface area contributed by atoms with Crippen molar-refractivity contribution in [2.24, 2.45) is 0 Å². The standard InChI is InChI=1S/C26H30N4O3.C3H8/c1-19(2)22-11-13-24(14-12-22)28-29-33-25-10-6-16-30(25)15-5-8-21-7-4-9-23(17-21)20(3)27-18-26(31)32;1-3-2/h4-14,16-17,19,27-29H,3,15,18H2,1-2H3,(H,31,32);3H2,1-2H3/b8-5+;. The van der Waals surface area contributed by atoms with E-state index in [9.17, 15) is 4.79 Å². The first-order valence-electron chi connectivity index (χ1n) is 12.2. The molecule has 2 aromatic carbocycles. The number of carboxylic acid groups (broad SMARTS) is 1. The van der Waals surface area contributed by atoms with Gasteiger partial charge in [0, 0.05) is 24.5 Å². The first kappa shape index (κ1) is 28.3. The number of aliphatic carboxylic acids is 1. The number of carboxylic acids is 1. The Morgan fingerprint density at radius 1 is 1.11 bits per heavy atom. The SMILES string of the molecule is C=C(NCC(=O)O)c1cccc(/C=C/Cn2cccc2ONNc2ccc(C(C)C)cc2)c1.CCC. The van der Waals surface area contributed by atoms with Crippen LogP contribution in [0, 0.1) is 0 Å². The number of hydrogen-bond donors (Lipinski definition) is 4. The number of nitrogens with zero attached hydrogens (tertiary/aromatic N) is 1. The molecular formula is C29H38N4O3. The number of hydrogen-bond acceptors (Lipinski definition) is 5. The van der Waals surface area contributed by atoms with E-state index < -0.39 is 5.97 Å². The van der Waals surface area contributed by atoms with Crippen LogP contribution in [0.4, 0.5) is 5.69 Å². The van der Waals surface area contributed by atoms with Crippen molar-refractivity contribution in [1.82, 2.24) is 15.5 Å². The Morgan fingerprint density at radius 2 is 1.83 bits per heavy atom. The summed E-state index contributed by atoms with van der Waals surface area (Å²) in [4.78, 5) is 16.4. The van der Waals surface area contributed by atoms with Gasteiger partial charge in [-0.05, 0) is 46.9 Å². The number of aromatic nitrogens is 1. The molecule has 0 fully saturated rings. The Bertz CT molecular complexity index is 1120. The van der Waals surface area contributed by atoms with Crippen molar-refractivity contribution < 1.29 is 14.7 Å². The van der Waals surface area contributed by atoms with Crippen LogP contribution < -0.4 is 21.2 Å². The van der Waals surface area contributed by atoms with E-state index in [2.05, 4.69) is 62.7 Å². The van der Waals surface area contributed by atoms with Gasteiger partial charge in [-0.1, -0.05) is 88.8 Å². The number of allylic oxidation sites excluding steroid dienone is 1. The predicted molar refractivity (Wildman–Crippen MR) is 148 cm³/mol. The summed E-state index contributed by atoms with van der Waals surface area (Å²) in [7, 11) is 0. The minimum atomic E-state index is -0.925. The zero-order chi connectivity index (χ0) is 26.3. The fraction of sp³-hybridized carbons (Fsp3) is 0.276. The molecule has 1 heterocycles. The number of anilines is 1. The molecule has 0 atom stereocenters. The predicted octanol–water partition coefficient (Wildman–Crippen LogP) is 6.30. The van der Waals surface area contributed by atoms with Crippen LogP contribution in [0.2, 0.25) is 0 Å². The van der Waals surface area contributed by atoms with Gasteiger partial charge in [-0.2, -0.15) is 0 Å². The Kier molecular flexibility index (Phi) is 11.9. The lowest BCUT2D eigenvalue weighted by molar-refractivity contribution is -0.135. The summed E-state index contributed by atoms with van der Waals surface area (Å²) >= 11 is 0. The maximum atomic E-state index is 10.7. The molecule has 3 rings (SSSR count). The van der Waals surface area contributed by atoms with Crippen LogP contribution in [-0.2, 0) is 11.3 Å². The second-order valence-corrected chi connectivity index (χ2v) is 8.57. The lowest BCUT2D eigenvalue weighted by atomic mass is 10.0. The Balaban J connectivity index is 0.00000145. The maximum absolute atomic E-state index is 10.7. The molecule has 4 N–H and O–H groups in total. The first-order valence-corrected chi connectivity index (χ1v) is 12.2. The minimum Gasteiger partial charge on any atom is -0.480 e. The molecule has 7 heteroatoms. The topological polar surface area (TPSA) is 87.5 Å². The number of rotatable bonds is 12. The summed E-state index contributed by atoms with van der Waals surface area (Å²) in [5.74, 6) is 0.242. The third-order valence-corrected chi connectivity index (χ3v) is 5.02. The quantitative estimate of drug-likeness (QED) is 0.223. The zero-order valence-electron chi connectivity index (χ0n) is 21.6. The van der Waals surface area contributed by atoms with Gasteiger partial charge in [0.2, 0.25) is 5.88 Å². The van der Waals surface area contributed by atoms with Crippen molar-refractivity contribution in [2.75, 3.05) is 12.0 Å². The highest BCUT2D eigenvalue weighted by Crippen LogP contribution is 2.17. The molecule has 0 amide bonds. The van der Waals surface area contributed by atoms with E-state index in [0.29, 0.717) is 24.0 Å². The summed E-state index contributed by atoms with van der Waals surface area (Å²) in [5.41, 5.74) is 10.4. The average molecular weight is 491 g/mol. The van der Waals surface area contributed by atoms with E-state index in [1.807, 2.05) is 71.4 Å². The summed E-state index contributed by atoms with van der Waals surface area (Å²) in [6.45, 7) is 12.9. The molecule has 1 aromatic heterocycles. The van der Waals surface area contributed by atoms with Crippen LogP contribution >= 0.6 is 0 Å². The maximum Gasteiger partial charge on any atom is 0.322 e. The van der Waals surface area contributed by atoms with E-state index in [1.165, 1.54) is 12.0 Å². The van der Waals surface area contributed by atoms with Gasteiger partial charge in [0.1, 0.15) is 6.54 Å². The van der Waals surface area contributed by atoms with Crippen molar-refractivity contribution in [1.29, 1.82) is 0 Å². The summed E-state index contributed by atoms with van der Waals surface area (Å²) in [6.07, 6.45) is 7.21. The summed E-state index contributed by atoms with van der Waals surface area (Å²) in [5, 5.41) is 11.6. The molecule has 0 aliphatic heterocycles. The number of benzene rings is 2. The number of carbonyl (C=O) groups is 1. The highest BCUT2D eigenvalue weighted by atomic mass is 16.7. The fourth-order valence-electron chi connectivity index (χ4n) is 3.15. The van der Waals surface area contributed by atoms with Crippen molar-refractivity contribution in [3.05, 3.63) is 96.2 Å². The number of nitrogens with one attached hydrogen (secondary N) is 3. The molecule has 36 heavy (non-hydrogen) atoms. The molecule has 0 aliphatic carbocycles. The fourth-order valence-corrected chi connectivity index (χ4v) is 3.15. The smallest absolute Gasteiger partial charge is 0.322 e. The Labute approximate surface area is 214 Å². The van der Waals surface area contributed by atoms with Crippen LogP contribution in [0.5, 0.6) is 5.88 Å². The lowest BCUT2D eigenvalue weighted by Crippen LogP contribution is -2.26. The van der Waals surface area contributed by atoms with Crippen molar-refractivity contribution >= 4 is 23.4 Å². The Morgan fingerprint density at radius 3 is 2.50 bits per heavy atom. The van der Waals surface area contributed by atoms with E-state index in [-0.39, 0.29) is 6.54 Å². The summed E-state index contributed by atoms with van der Waals surface area (Å²) in [6, 6.07) is 19.7. The molecule has 0 spiro atoms. The van der Waals surface area contributed by atoms with E-state index >= 15 is 0 Å². The van der Waals surface area contributed by atoms with Crippen LogP contribution in [0.1, 0.15) is 56.7 Å². The van der Waals surface area contributed by atoms with Gasteiger partial charge in [0.15, 0.2) is 0 Å². The molecule has 0 saturated heterocycles. The molecule has 0 bridgehead atoms. The van der Waals surface area contributed by atoms with Gasteiger partial charge in [-0.25, -0.2) is 0 Å². The van der Waals surface area contributed by atoms with Gasteiger partial charge >= 0.3 is 5.97 Å². The molecule has 0 unspecified atom stereocenters. The van der Waals surface area contributed by atoms with Crippen LogP contribution in [0.15, 0.2) is 79.5 Å². The molecule has 0 aliphatic rings. The average Bonchev–Trinajstić information content (AvgIpc) is 3.30. The van der Waals surface area contributed by atoms with E-state index in [1.54, 1.807) is 0 Å². The third kappa shape index (κ3) is 9.72. The molecule has 0 saturated carbocycles. The van der Waals surface area contributed by atoms with Gasteiger partial charge in [-0.3, -0.25) is 10.2 Å². The van der Waals surface area contributed by atoms with Crippen LogP contribution in [-0.4, -0.2) is 22.2 Å². The van der Waals surface area contributed by atoms with E-state index in [4.69, 9.17) is 9.94 Å². The first-order chi connectivity index (χ1) is 17.3. The van der Waals surface area contributed by atoms with Crippen LogP contribution in [0.25, 0.3) is 11.8 Å². The molecule has 0 radical (unpaired) electrons. The van der Waals surface area contributed by atoms with Crippen LogP contribution in [0.3, 0.4) is 0 Å². The highest BCUT2D eigenvalue weighted by Gasteiger charge is 2.03. The molecular weight excluding hydrogens is 452 g/mol.